The molecule has 0 aliphatic rings. The van der Waals surface area contributed by atoms with Crippen molar-refractivity contribution in [1.82, 2.24) is 5.32 Å². The lowest BCUT2D eigenvalue weighted by molar-refractivity contribution is -0.121. The smallest absolute Gasteiger partial charge is 0.220 e. The van der Waals surface area contributed by atoms with Crippen molar-refractivity contribution in [2.24, 2.45) is 5.90 Å². The van der Waals surface area contributed by atoms with Crippen molar-refractivity contribution in [3.63, 3.8) is 0 Å². The first-order chi connectivity index (χ1) is 16.0. The summed E-state index contributed by atoms with van der Waals surface area (Å²) < 4.78 is 11.1. The monoisotopic (exact) mass is 448 g/mol. The number of aryl methyl sites for hydroxylation is 2. The van der Waals surface area contributed by atoms with E-state index in [-0.39, 0.29) is 18.6 Å². The molecule has 3 aromatic carbocycles. The van der Waals surface area contributed by atoms with Gasteiger partial charge in [0.05, 0.1) is 26.4 Å². The minimum Gasteiger partial charge on any atom is -0.496 e. The lowest BCUT2D eigenvalue weighted by atomic mass is 9.97. The number of amides is 1. The van der Waals surface area contributed by atoms with Gasteiger partial charge in [-0.25, -0.2) is 5.90 Å². The van der Waals surface area contributed by atoms with E-state index in [1.807, 2.05) is 12.1 Å². The molecule has 0 atom stereocenters. The summed E-state index contributed by atoms with van der Waals surface area (Å²) >= 11 is 0. The Morgan fingerprint density at radius 1 is 0.939 bits per heavy atom. The average molecular weight is 449 g/mol. The number of ether oxygens (including phenoxy) is 2. The van der Waals surface area contributed by atoms with Crippen LogP contribution in [0.25, 0.3) is 0 Å². The van der Waals surface area contributed by atoms with E-state index in [4.69, 9.17) is 15.4 Å². The molecule has 0 aliphatic carbocycles. The molecule has 3 rings (SSSR count). The zero-order chi connectivity index (χ0) is 23.6. The summed E-state index contributed by atoms with van der Waals surface area (Å²) in [5.74, 6) is 6.45. The number of carbonyl (C=O) groups excluding carboxylic acids is 1. The normalized spacial score (nSPS) is 10.8. The van der Waals surface area contributed by atoms with Gasteiger partial charge in [-0.3, -0.25) is 9.63 Å². The molecular formula is C27H32N2O4. The fraction of sp³-hybridized carbons (Fsp3) is 0.296. The standard InChI is InChI=1S/C27H32N2O4/c1-19-6-10-21(11-7-19)27(22-12-8-20(2)9-13-22)29-26(30)5-4-16-32-24-15-14-23(18-33-28)25(17-24)31-3/h6-15,17,27H,4-5,16,18,28H2,1-3H3,(H,29,30). The number of hydrogen-bond donors (Lipinski definition) is 2. The third kappa shape index (κ3) is 7.07. The third-order valence-corrected chi connectivity index (χ3v) is 5.44. The van der Waals surface area contributed by atoms with Gasteiger partial charge >= 0.3 is 0 Å². The Balaban J connectivity index is 1.57. The number of benzene rings is 3. The van der Waals surface area contributed by atoms with Gasteiger partial charge in [0.25, 0.3) is 0 Å². The number of hydrogen-bond acceptors (Lipinski definition) is 5. The zero-order valence-electron chi connectivity index (χ0n) is 19.5. The Morgan fingerprint density at radius 3 is 2.09 bits per heavy atom. The molecule has 0 aromatic heterocycles. The molecule has 3 aromatic rings. The highest BCUT2D eigenvalue weighted by molar-refractivity contribution is 5.77. The Hall–Kier alpha value is -3.35. The number of methoxy groups -OCH3 is 1. The molecule has 1 amide bonds. The maximum Gasteiger partial charge on any atom is 0.220 e. The van der Waals surface area contributed by atoms with E-state index in [0.717, 1.165) is 16.7 Å². The van der Waals surface area contributed by atoms with E-state index in [9.17, 15) is 4.79 Å². The first kappa shape index (κ1) is 24.3. The molecule has 174 valence electrons. The highest BCUT2D eigenvalue weighted by atomic mass is 16.6. The number of nitrogens with two attached hydrogens (primary N) is 1. The van der Waals surface area contributed by atoms with Crippen molar-refractivity contribution in [2.45, 2.75) is 39.3 Å². The summed E-state index contributed by atoms with van der Waals surface area (Å²) in [6, 6.07) is 21.8. The molecule has 0 heterocycles. The predicted molar refractivity (Wildman–Crippen MR) is 129 cm³/mol. The molecule has 3 N–H and O–H groups in total. The van der Waals surface area contributed by atoms with Crippen molar-refractivity contribution in [1.29, 1.82) is 0 Å². The van der Waals surface area contributed by atoms with Crippen LogP contribution in [0.5, 0.6) is 11.5 Å². The fourth-order valence-corrected chi connectivity index (χ4v) is 3.56. The van der Waals surface area contributed by atoms with Gasteiger partial charge in [-0.05, 0) is 43.5 Å². The average Bonchev–Trinajstić information content (AvgIpc) is 2.82. The molecular weight excluding hydrogens is 416 g/mol. The fourth-order valence-electron chi connectivity index (χ4n) is 3.56. The Morgan fingerprint density at radius 2 is 1.55 bits per heavy atom. The molecule has 0 bridgehead atoms. The van der Waals surface area contributed by atoms with E-state index in [2.05, 4.69) is 72.5 Å². The van der Waals surface area contributed by atoms with Gasteiger partial charge < -0.3 is 14.8 Å². The lowest BCUT2D eigenvalue weighted by Crippen LogP contribution is -2.29. The second-order valence-electron chi connectivity index (χ2n) is 8.06. The summed E-state index contributed by atoms with van der Waals surface area (Å²) in [6.07, 6.45) is 0.959. The minimum atomic E-state index is -0.193. The summed E-state index contributed by atoms with van der Waals surface area (Å²) in [5, 5.41) is 3.19. The second kappa shape index (κ2) is 12.0. The number of nitrogens with one attached hydrogen (secondary N) is 1. The topological polar surface area (TPSA) is 82.8 Å². The van der Waals surface area contributed by atoms with Crippen molar-refractivity contribution in [3.8, 4) is 11.5 Å². The number of rotatable bonds is 11. The van der Waals surface area contributed by atoms with Crippen LogP contribution >= 0.6 is 0 Å². The van der Waals surface area contributed by atoms with Crippen molar-refractivity contribution in [2.75, 3.05) is 13.7 Å². The third-order valence-electron chi connectivity index (χ3n) is 5.44. The number of carbonyl (C=O) groups is 1. The van der Waals surface area contributed by atoms with E-state index < -0.39 is 0 Å². The first-order valence-corrected chi connectivity index (χ1v) is 11.0. The second-order valence-corrected chi connectivity index (χ2v) is 8.06. The highest BCUT2D eigenvalue weighted by Crippen LogP contribution is 2.26. The van der Waals surface area contributed by atoms with E-state index in [1.165, 1.54) is 11.1 Å². The molecule has 0 radical (unpaired) electrons. The maximum atomic E-state index is 12.7. The van der Waals surface area contributed by atoms with E-state index in [0.29, 0.717) is 30.9 Å². The molecule has 6 nitrogen and oxygen atoms in total. The molecule has 0 fully saturated rings. The van der Waals surface area contributed by atoms with Crippen LogP contribution in [0.2, 0.25) is 0 Å². The molecule has 0 saturated carbocycles. The van der Waals surface area contributed by atoms with Crippen LogP contribution in [0.1, 0.15) is 46.7 Å². The van der Waals surface area contributed by atoms with Gasteiger partial charge in [0, 0.05) is 18.1 Å². The van der Waals surface area contributed by atoms with Crippen LogP contribution in [0.4, 0.5) is 0 Å². The molecule has 0 aliphatic heterocycles. The lowest BCUT2D eigenvalue weighted by Gasteiger charge is -2.20. The van der Waals surface area contributed by atoms with Crippen LogP contribution < -0.4 is 20.7 Å². The highest BCUT2D eigenvalue weighted by Gasteiger charge is 2.17. The van der Waals surface area contributed by atoms with Crippen molar-refractivity contribution >= 4 is 5.91 Å². The van der Waals surface area contributed by atoms with Gasteiger partial charge in [0.15, 0.2) is 0 Å². The van der Waals surface area contributed by atoms with Crippen LogP contribution in [-0.2, 0) is 16.2 Å². The first-order valence-electron chi connectivity index (χ1n) is 11.0. The van der Waals surface area contributed by atoms with Crippen LogP contribution in [0.3, 0.4) is 0 Å². The molecule has 0 unspecified atom stereocenters. The summed E-state index contributed by atoms with van der Waals surface area (Å²) in [4.78, 5) is 17.4. The van der Waals surface area contributed by atoms with Crippen molar-refractivity contribution in [3.05, 3.63) is 94.5 Å². The molecule has 0 saturated heterocycles. The van der Waals surface area contributed by atoms with Gasteiger partial charge in [-0.2, -0.15) is 0 Å². The van der Waals surface area contributed by atoms with Gasteiger partial charge in [0.2, 0.25) is 5.91 Å². The van der Waals surface area contributed by atoms with Gasteiger partial charge in [-0.1, -0.05) is 59.7 Å². The van der Waals surface area contributed by atoms with Crippen LogP contribution in [0, 0.1) is 13.8 Å². The van der Waals surface area contributed by atoms with Crippen LogP contribution in [-0.4, -0.2) is 19.6 Å². The Kier molecular flexibility index (Phi) is 8.87. The maximum absolute atomic E-state index is 12.7. The summed E-state index contributed by atoms with van der Waals surface area (Å²) in [5.41, 5.74) is 5.32. The molecule has 0 spiro atoms. The summed E-state index contributed by atoms with van der Waals surface area (Å²) in [7, 11) is 1.59. The summed E-state index contributed by atoms with van der Waals surface area (Å²) in [6.45, 7) is 4.78. The van der Waals surface area contributed by atoms with Gasteiger partial charge in [-0.15, -0.1) is 0 Å². The molecule has 33 heavy (non-hydrogen) atoms. The predicted octanol–water partition coefficient (Wildman–Crippen LogP) is 4.77. The molecule has 6 heteroatoms. The van der Waals surface area contributed by atoms with Gasteiger partial charge in [0.1, 0.15) is 11.5 Å². The quantitative estimate of drug-likeness (QED) is 0.326. The Labute approximate surface area is 195 Å². The van der Waals surface area contributed by atoms with E-state index in [1.54, 1.807) is 13.2 Å². The van der Waals surface area contributed by atoms with E-state index >= 15 is 0 Å². The van der Waals surface area contributed by atoms with Crippen LogP contribution in [0.15, 0.2) is 66.7 Å². The zero-order valence-corrected chi connectivity index (χ0v) is 19.5. The Bertz CT molecular complexity index is 987. The minimum absolute atomic E-state index is 0.0160. The SMILES string of the molecule is COc1cc(OCCCC(=O)NC(c2ccc(C)cc2)c2ccc(C)cc2)ccc1CON. The van der Waals surface area contributed by atoms with Crippen molar-refractivity contribution < 1.29 is 19.1 Å². The largest absolute Gasteiger partial charge is 0.496 e.